The highest BCUT2D eigenvalue weighted by Crippen LogP contribution is 2.40. The zero-order valence-corrected chi connectivity index (χ0v) is 18.8. The van der Waals surface area contributed by atoms with Crippen molar-refractivity contribution in [3.05, 3.63) is 72.1 Å². The number of carbonyl (C=O) groups excluding carboxylic acids is 1. The first-order chi connectivity index (χ1) is 15.6. The van der Waals surface area contributed by atoms with Crippen LogP contribution in [-0.2, 0) is 6.54 Å². The number of methoxy groups -OCH3 is 3. The zero-order chi connectivity index (χ0) is 22.5. The maximum absolute atomic E-state index is 13.0. The molecule has 0 saturated carbocycles. The molecule has 0 unspecified atom stereocenters. The number of piperazine rings is 1. The Morgan fingerprint density at radius 2 is 1.47 bits per heavy atom. The molecular formula is C25H29N3O4. The van der Waals surface area contributed by atoms with Crippen LogP contribution >= 0.6 is 0 Å². The quantitative estimate of drug-likeness (QED) is 0.569. The Hall–Kier alpha value is -3.45. The predicted molar refractivity (Wildman–Crippen MR) is 123 cm³/mol. The number of aromatic nitrogens is 1. The van der Waals surface area contributed by atoms with Crippen LogP contribution in [0.4, 0.5) is 0 Å². The first-order valence-electron chi connectivity index (χ1n) is 10.7. The molecule has 1 amide bonds. The van der Waals surface area contributed by atoms with E-state index in [9.17, 15) is 4.79 Å². The van der Waals surface area contributed by atoms with E-state index in [0.29, 0.717) is 30.3 Å². The van der Waals surface area contributed by atoms with E-state index in [1.807, 2.05) is 70.4 Å². The Bertz CT molecular complexity index is 1040. The molecule has 7 heteroatoms. The van der Waals surface area contributed by atoms with E-state index in [0.717, 1.165) is 36.4 Å². The Balaban J connectivity index is 1.38. The number of hydrogen-bond acceptors (Lipinski definition) is 5. The molecule has 4 rings (SSSR count). The standard InChI is InChI=1S/C25H29N3O4/c1-30-22-11-8-20(23(31-2)24(22)32-3)18-26-14-16-28(17-15-26)25(29)19-6-9-21(10-7-19)27-12-4-5-13-27/h4-13H,14-18H2,1-3H3. The lowest BCUT2D eigenvalue weighted by Crippen LogP contribution is -2.48. The summed E-state index contributed by atoms with van der Waals surface area (Å²) >= 11 is 0. The Morgan fingerprint density at radius 3 is 2.06 bits per heavy atom. The van der Waals surface area contributed by atoms with Gasteiger partial charge in [-0.2, -0.15) is 0 Å². The van der Waals surface area contributed by atoms with E-state index in [2.05, 4.69) is 4.90 Å². The number of amides is 1. The molecule has 1 aliphatic rings. The van der Waals surface area contributed by atoms with Gasteiger partial charge in [0.05, 0.1) is 21.3 Å². The van der Waals surface area contributed by atoms with Gasteiger partial charge >= 0.3 is 0 Å². The van der Waals surface area contributed by atoms with Crippen LogP contribution in [0.15, 0.2) is 60.9 Å². The van der Waals surface area contributed by atoms with Gasteiger partial charge in [-0.1, -0.05) is 6.07 Å². The fraction of sp³-hybridized carbons (Fsp3) is 0.320. The fourth-order valence-corrected chi connectivity index (χ4v) is 4.10. The first-order valence-corrected chi connectivity index (χ1v) is 10.7. The van der Waals surface area contributed by atoms with Crippen molar-refractivity contribution in [2.75, 3.05) is 47.5 Å². The van der Waals surface area contributed by atoms with Crippen LogP contribution in [0.5, 0.6) is 17.2 Å². The monoisotopic (exact) mass is 435 g/mol. The molecule has 1 fully saturated rings. The molecule has 7 nitrogen and oxygen atoms in total. The van der Waals surface area contributed by atoms with Crippen molar-refractivity contribution >= 4 is 5.91 Å². The second-order valence-corrected chi connectivity index (χ2v) is 7.70. The van der Waals surface area contributed by atoms with Crippen LogP contribution in [0.25, 0.3) is 5.69 Å². The van der Waals surface area contributed by atoms with Crippen molar-refractivity contribution in [1.82, 2.24) is 14.4 Å². The van der Waals surface area contributed by atoms with E-state index < -0.39 is 0 Å². The van der Waals surface area contributed by atoms with Gasteiger partial charge in [-0.15, -0.1) is 0 Å². The number of hydrogen-bond donors (Lipinski definition) is 0. The molecule has 0 spiro atoms. The lowest BCUT2D eigenvalue weighted by Gasteiger charge is -2.35. The van der Waals surface area contributed by atoms with Gasteiger partial charge in [0.25, 0.3) is 5.91 Å². The van der Waals surface area contributed by atoms with Gasteiger partial charge in [-0.25, -0.2) is 0 Å². The number of rotatable bonds is 7. The lowest BCUT2D eigenvalue weighted by atomic mass is 10.1. The molecule has 1 saturated heterocycles. The number of nitrogens with zero attached hydrogens (tertiary/aromatic N) is 3. The summed E-state index contributed by atoms with van der Waals surface area (Å²) in [4.78, 5) is 17.2. The average Bonchev–Trinajstić information content (AvgIpc) is 3.39. The summed E-state index contributed by atoms with van der Waals surface area (Å²) in [6.45, 7) is 3.69. The highest BCUT2D eigenvalue weighted by molar-refractivity contribution is 5.94. The van der Waals surface area contributed by atoms with Crippen molar-refractivity contribution in [3.8, 4) is 22.9 Å². The summed E-state index contributed by atoms with van der Waals surface area (Å²) < 4.78 is 18.5. The molecule has 2 aromatic carbocycles. The van der Waals surface area contributed by atoms with Crippen LogP contribution in [0, 0.1) is 0 Å². The van der Waals surface area contributed by atoms with Crippen LogP contribution in [-0.4, -0.2) is 67.8 Å². The summed E-state index contributed by atoms with van der Waals surface area (Å²) in [6, 6.07) is 15.6. The first kappa shape index (κ1) is 21.8. The smallest absolute Gasteiger partial charge is 0.253 e. The van der Waals surface area contributed by atoms with Crippen molar-refractivity contribution in [2.45, 2.75) is 6.54 Å². The topological polar surface area (TPSA) is 56.2 Å². The molecule has 0 N–H and O–H groups in total. The zero-order valence-electron chi connectivity index (χ0n) is 18.8. The summed E-state index contributed by atoms with van der Waals surface area (Å²) in [5.74, 6) is 2.01. The van der Waals surface area contributed by atoms with E-state index in [1.54, 1.807) is 21.3 Å². The van der Waals surface area contributed by atoms with Crippen molar-refractivity contribution in [3.63, 3.8) is 0 Å². The normalized spacial score (nSPS) is 14.3. The second-order valence-electron chi connectivity index (χ2n) is 7.70. The molecule has 0 aliphatic carbocycles. The van der Waals surface area contributed by atoms with Crippen molar-refractivity contribution in [2.24, 2.45) is 0 Å². The molecule has 32 heavy (non-hydrogen) atoms. The Kier molecular flexibility index (Phi) is 6.66. The second kappa shape index (κ2) is 9.78. The summed E-state index contributed by atoms with van der Waals surface area (Å²) in [6.07, 6.45) is 3.98. The summed E-state index contributed by atoms with van der Waals surface area (Å²) in [5.41, 5.74) is 2.79. The van der Waals surface area contributed by atoms with E-state index in [4.69, 9.17) is 14.2 Å². The maximum Gasteiger partial charge on any atom is 0.253 e. The molecule has 2 heterocycles. The molecule has 1 aromatic heterocycles. The van der Waals surface area contributed by atoms with Gasteiger partial charge < -0.3 is 23.7 Å². The average molecular weight is 436 g/mol. The van der Waals surface area contributed by atoms with Gasteiger partial charge in [-0.3, -0.25) is 9.69 Å². The number of ether oxygens (including phenoxy) is 3. The minimum Gasteiger partial charge on any atom is -0.493 e. The third-order valence-electron chi connectivity index (χ3n) is 5.86. The lowest BCUT2D eigenvalue weighted by molar-refractivity contribution is 0.0627. The van der Waals surface area contributed by atoms with Crippen LogP contribution in [0.3, 0.4) is 0 Å². The fourth-order valence-electron chi connectivity index (χ4n) is 4.10. The largest absolute Gasteiger partial charge is 0.493 e. The summed E-state index contributed by atoms with van der Waals surface area (Å²) in [7, 11) is 4.86. The molecule has 0 bridgehead atoms. The van der Waals surface area contributed by atoms with Crippen molar-refractivity contribution < 1.29 is 19.0 Å². The van der Waals surface area contributed by atoms with E-state index >= 15 is 0 Å². The minimum atomic E-state index is 0.0763. The van der Waals surface area contributed by atoms with E-state index in [-0.39, 0.29) is 5.91 Å². The third kappa shape index (κ3) is 4.43. The van der Waals surface area contributed by atoms with Gasteiger partial charge in [-0.05, 0) is 42.5 Å². The highest BCUT2D eigenvalue weighted by Gasteiger charge is 2.24. The molecule has 3 aromatic rings. The minimum absolute atomic E-state index is 0.0763. The Labute approximate surface area is 188 Å². The van der Waals surface area contributed by atoms with Crippen LogP contribution in [0.2, 0.25) is 0 Å². The third-order valence-corrected chi connectivity index (χ3v) is 5.86. The molecule has 168 valence electrons. The molecule has 1 aliphatic heterocycles. The number of carbonyl (C=O) groups is 1. The van der Waals surface area contributed by atoms with Gasteiger partial charge in [0.15, 0.2) is 11.5 Å². The maximum atomic E-state index is 13.0. The predicted octanol–water partition coefficient (Wildman–Crippen LogP) is 3.46. The van der Waals surface area contributed by atoms with Crippen LogP contribution < -0.4 is 14.2 Å². The number of benzene rings is 2. The van der Waals surface area contributed by atoms with Gasteiger partial charge in [0.2, 0.25) is 5.75 Å². The SMILES string of the molecule is COc1ccc(CN2CCN(C(=O)c3ccc(-n4cccc4)cc3)CC2)c(OC)c1OC. The van der Waals surface area contributed by atoms with Gasteiger partial charge in [0, 0.05) is 61.9 Å². The molecular weight excluding hydrogens is 406 g/mol. The van der Waals surface area contributed by atoms with Crippen LogP contribution in [0.1, 0.15) is 15.9 Å². The Morgan fingerprint density at radius 1 is 0.812 bits per heavy atom. The molecule has 0 radical (unpaired) electrons. The van der Waals surface area contributed by atoms with E-state index in [1.165, 1.54) is 0 Å². The van der Waals surface area contributed by atoms with Gasteiger partial charge in [0.1, 0.15) is 0 Å². The van der Waals surface area contributed by atoms with Crippen molar-refractivity contribution in [1.29, 1.82) is 0 Å². The highest BCUT2D eigenvalue weighted by atomic mass is 16.5. The summed E-state index contributed by atoms with van der Waals surface area (Å²) in [5, 5.41) is 0. The molecule has 0 atom stereocenters.